The van der Waals surface area contributed by atoms with Crippen molar-refractivity contribution in [1.29, 1.82) is 0 Å². The third-order valence-electron chi connectivity index (χ3n) is 4.49. The van der Waals surface area contributed by atoms with Crippen LogP contribution in [0.3, 0.4) is 0 Å². The highest BCUT2D eigenvalue weighted by Gasteiger charge is 2.69. The summed E-state index contributed by atoms with van der Waals surface area (Å²) in [6.45, 7) is 2.43. The smallest absolute Gasteiger partial charge is 0.183 e. The molecule has 4 nitrogen and oxygen atoms in total. The minimum atomic E-state index is -3.61. The highest BCUT2D eigenvalue weighted by atomic mass is 32.2. The lowest BCUT2D eigenvalue weighted by Gasteiger charge is -2.12. The van der Waals surface area contributed by atoms with Crippen LogP contribution in [-0.4, -0.2) is 32.4 Å². The average molecular weight is 349 g/mol. The molecule has 0 spiro atoms. The second kappa shape index (κ2) is 6.27. The first-order valence-corrected chi connectivity index (χ1v) is 9.37. The molecule has 1 saturated carbocycles. The summed E-state index contributed by atoms with van der Waals surface area (Å²) in [5.41, 5.74) is 6.12. The largest absolute Gasteiger partial charge is 0.380 e. The van der Waals surface area contributed by atoms with E-state index in [0.717, 1.165) is 0 Å². The molecule has 2 N–H and O–H groups in total. The van der Waals surface area contributed by atoms with Crippen LogP contribution < -0.4 is 5.73 Å². The Morgan fingerprint density at radius 1 is 1.12 bits per heavy atom. The molecular formula is C18H20FNO3S. The van der Waals surface area contributed by atoms with Crippen LogP contribution in [-0.2, 0) is 14.6 Å². The maximum atomic E-state index is 13.2. The number of ether oxygens (including phenoxy) is 1. The van der Waals surface area contributed by atoms with Crippen LogP contribution in [0.25, 0.3) is 0 Å². The predicted octanol–water partition coefficient (Wildman–Crippen LogP) is 2.50. The van der Waals surface area contributed by atoms with Crippen LogP contribution >= 0.6 is 0 Å². The van der Waals surface area contributed by atoms with Gasteiger partial charge < -0.3 is 10.5 Å². The van der Waals surface area contributed by atoms with Crippen molar-refractivity contribution >= 4 is 9.84 Å². The average Bonchev–Trinajstić information content (AvgIpc) is 3.21. The molecule has 2 aromatic rings. The van der Waals surface area contributed by atoms with Crippen molar-refractivity contribution in [2.75, 3.05) is 13.2 Å². The summed E-state index contributed by atoms with van der Waals surface area (Å²) >= 11 is 0. The van der Waals surface area contributed by atoms with Gasteiger partial charge in [-0.2, -0.15) is 0 Å². The van der Waals surface area contributed by atoms with E-state index in [2.05, 4.69) is 0 Å². The van der Waals surface area contributed by atoms with Crippen LogP contribution in [0.2, 0.25) is 0 Å². The van der Waals surface area contributed by atoms with Crippen LogP contribution in [0.5, 0.6) is 0 Å². The normalized spacial score (nSPS) is 26.3. The Morgan fingerprint density at radius 2 is 1.75 bits per heavy atom. The zero-order valence-corrected chi connectivity index (χ0v) is 14.2. The summed E-state index contributed by atoms with van der Waals surface area (Å²) in [6, 6.07) is 14.1. The fourth-order valence-electron chi connectivity index (χ4n) is 3.25. The molecule has 24 heavy (non-hydrogen) atoms. The Kier molecular flexibility index (Phi) is 4.46. The van der Waals surface area contributed by atoms with Gasteiger partial charge in [0.05, 0.1) is 22.3 Å². The Balaban J connectivity index is 1.99. The second-order valence-electron chi connectivity index (χ2n) is 6.06. The van der Waals surface area contributed by atoms with Crippen LogP contribution in [0.4, 0.5) is 4.39 Å². The fraction of sp³-hybridized carbons (Fsp3) is 0.333. The van der Waals surface area contributed by atoms with Crippen molar-refractivity contribution in [2.45, 2.75) is 28.5 Å². The van der Waals surface area contributed by atoms with E-state index in [1.54, 1.807) is 42.5 Å². The van der Waals surface area contributed by atoms with Crippen LogP contribution in [0.1, 0.15) is 18.4 Å². The summed E-state index contributed by atoms with van der Waals surface area (Å²) in [4.78, 5) is 0.242. The van der Waals surface area contributed by atoms with Crippen molar-refractivity contribution in [1.82, 2.24) is 0 Å². The first-order chi connectivity index (χ1) is 11.4. The van der Waals surface area contributed by atoms with Gasteiger partial charge in [-0.25, -0.2) is 12.8 Å². The molecule has 0 saturated heterocycles. The van der Waals surface area contributed by atoms with Crippen LogP contribution in [0, 0.1) is 5.82 Å². The molecule has 0 unspecified atom stereocenters. The molecular weight excluding hydrogens is 329 g/mol. The van der Waals surface area contributed by atoms with Gasteiger partial charge in [0.2, 0.25) is 0 Å². The number of nitrogens with two attached hydrogens (primary N) is 1. The van der Waals surface area contributed by atoms with Crippen molar-refractivity contribution in [3.63, 3.8) is 0 Å². The van der Waals surface area contributed by atoms with Crippen molar-refractivity contribution in [3.05, 3.63) is 66.0 Å². The Morgan fingerprint density at radius 3 is 2.33 bits per heavy atom. The number of hydrogen-bond donors (Lipinski definition) is 1. The van der Waals surface area contributed by atoms with E-state index in [0.29, 0.717) is 12.2 Å². The molecule has 0 aromatic heterocycles. The van der Waals surface area contributed by atoms with Gasteiger partial charge in [-0.15, -0.1) is 0 Å². The second-order valence-corrected chi connectivity index (χ2v) is 8.13. The minimum Gasteiger partial charge on any atom is -0.380 e. The van der Waals surface area contributed by atoms with E-state index in [9.17, 15) is 12.8 Å². The summed E-state index contributed by atoms with van der Waals surface area (Å²) in [5.74, 6) is -0.788. The first kappa shape index (κ1) is 17.1. The van der Waals surface area contributed by atoms with Crippen molar-refractivity contribution in [2.24, 2.45) is 5.73 Å². The monoisotopic (exact) mass is 349 g/mol. The minimum absolute atomic E-state index is 0.141. The third kappa shape index (κ3) is 2.85. The highest BCUT2D eigenvalue weighted by Crippen LogP contribution is 2.55. The Hall–Kier alpha value is -1.76. The molecule has 0 aliphatic heterocycles. The quantitative estimate of drug-likeness (QED) is 0.870. The molecule has 1 aliphatic carbocycles. The fourth-order valence-corrected chi connectivity index (χ4v) is 5.57. The van der Waals surface area contributed by atoms with Gasteiger partial charge in [0.15, 0.2) is 9.84 Å². The molecule has 6 heteroatoms. The standard InChI is InChI=1S/C18H20FNO3S/c1-2-23-12-18(20)16(13-8-10-14(19)11-9-13)17(18)24(21,22)15-6-4-3-5-7-15/h3-11,16-17H,2,12,20H2,1H3/t16-,17-,18-/m0/s1. The maximum absolute atomic E-state index is 13.2. The lowest BCUT2D eigenvalue weighted by molar-refractivity contribution is 0.125. The number of hydrogen-bond acceptors (Lipinski definition) is 4. The zero-order chi connectivity index (χ0) is 17.4. The summed E-state index contributed by atoms with van der Waals surface area (Å²) in [6.07, 6.45) is 0. The summed E-state index contributed by atoms with van der Waals surface area (Å²) in [5, 5.41) is -0.788. The lowest BCUT2D eigenvalue weighted by atomic mass is 10.1. The van der Waals surface area contributed by atoms with E-state index in [-0.39, 0.29) is 17.3 Å². The van der Waals surface area contributed by atoms with Crippen LogP contribution in [0.15, 0.2) is 59.5 Å². The molecule has 0 heterocycles. The molecule has 2 aromatic carbocycles. The van der Waals surface area contributed by atoms with Gasteiger partial charge in [-0.05, 0) is 36.8 Å². The van der Waals surface area contributed by atoms with Gasteiger partial charge in [-0.1, -0.05) is 30.3 Å². The lowest BCUT2D eigenvalue weighted by Crippen LogP contribution is -2.36. The van der Waals surface area contributed by atoms with E-state index in [1.165, 1.54) is 12.1 Å². The van der Waals surface area contributed by atoms with Crippen molar-refractivity contribution in [3.8, 4) is 0 Å². The highest BCUT2D eigenvalue weighted by molar-refractivity contribution is 7.92. The van der Waals surface area contributed by atoms with E-state index < -0.39 is 26.5 Å². The van der Waals surface area contributed by atoms with Gasteiger partial charge >= 0.3 is 0 Å². The Bertz CT molecular complexity index is 808. The molecule has 3 rings (SSSR count). The summed E-state index contributed by atoms with van der Waals surface area (Å²) < 4.78 is 44.6. The molecule has 0 radical (unpaired) electrons. The number of rotatable bonds is 6. The van der Waals surface area contributed by atoms with Gasteiger partial charge in [0.25, 0.3) is 0 Å². The summed E-state index contributed by atoms with van der Waals surface area (Å²) in [7, 11) is -3.61. The molecule has 128 valence electrons. The molecule has 0 amide bonds. The molecule has 3 atom stereocenters. The van der Waals surface area contributed by atoms with Gasteiger partial charge in [-0.3, -0.25) is 0 Å². The third-order valence-corrected chi connectivity index (χ3v) is 6.80. The van der Waals surface area contributed by atoms with E-state index in [1.807, 2.05) is 6.92 Å². The SMILES string of the molecule is CCOC[C@]1(N)[C@@H](c2ccc(F)cc2)[C@@H]1S(=O)(=O)c1ccccc1. The van der Waals surface area contributed by atoms with Gasteiger partial charge in [0.1, 0.15) is 5.82 Å². The predicted molar refractivity (Wildman–Crippen MR) is 90.0 cm³/mol. The van der Waals surface area contributed by atoms with E-state index >= 15 is 0 Å². The van der Waals surface area contributed by atoms with E-state index in [4.69, 9.17) is 10.5 Å². The number of halogens is 1. The van der Waals surface area contributed by atoms with Gasteiger partial charge in [0, 0.05) is 12.5 Å². The maximum Gasteiger partial charge on any atom is 0.183 e. The number of sulfone groups is 1. The molecule has 1 aliphatic rings. The number of benzene rings is 2. The molecule has 1 fully saturated rings. The van der Waals surface area contributed by atoms with Crippen molar-refractivity contribution < 1.29 is 17.5 Å². The molecule has 0 bridgehead atoms. The first-order valence-electron chi connectivity index (χ1n) is 7.82. The zero-order valence-electron chi connectivity index (χ0n) is 13.4. The Labute approximate surface area is 141 Å². The topological polar surface area (TPSA) is 69.4 Å².